The molecule has 11 heteroatoms. The van der Waals surface area contributed by atoms with Gasteiger partial charge < -0.3 is 10.0 Å². The first-order chi connectivity index (χ1) is 18.6. The monoisotopic (exact) mass is 562 g/mol. The summed E-state index contributed by atoms with van der Waals surface area (Å²) in [6, 6.07) is 16.3. The maximum absolute atomic E-state index is 16.1. The van der Waals surface area contributed by atoms with E-state index in [2.05, 4.69) is 9.97 Å². The van der Waals surface area contributed by atoms with Crippen LogP contribution in [0.1, 0.15) is 17.5 Å². The third-order valence-electron chi connectivity index (χ3n) is 7.06. The van der Waals surface area contributed by atoms with Crippen LogP contribution in [-0.4, -0.2) is 51.9 Å². The minimum atomic E-state index is -4.28. The molecular weight excluding hydrogens is 539 g/mol. The zero-order chi connectivity index (χ0) is 27.5. The quantitative estimate of drug-likeness (QED) is 0.337. The van der Waals surface area contributed by atoms with Gasteiger partial charge in [-0.1, -0.05) is 35.9 Å². The van der Waals surface area contributed by atoms with Crippen molar-refractivity contribution in [3.8, 4) is 21.8 Å². The number of pyridine rings is 1. The second-order valence-electron chi connectivity index (χ2n) is 9.58. The molecule has 0 spiro atoms. The molecule has 0 bridgehead atoms. The summed E-state index contributed by atoms with van der Waals surface area (Å²) < 4.78 is 43.7. The van der Waals surface area contributed by atoms with Gasteiger partial charge in [-0.05, 0) is 42.8 Å². The number of aromatic nitrogens is 3. The largest absolute Gasteiger partial charge is 0.375 e. The highest BCUT2D eigenvalue weighted by Crippen LogP contribution is 2.39. The van der Waals surface area contributed by atoms with Crippen molar-refractivity contribution in [3.05, 3.63) is 89.3 Å². The molecule has 0 radical (unpaired) electrons. The minimum Gasteiger partial charge on any atom is -0.375 e. The van der Waals surface area contributed by atoms with Crippen LogP contribution < -0.4 is 0 Å². The van der Waals surface area contributed by atoms with Gasteiger partial charge in [0.2, 0.25) is 5.95 Å². The topological polar surface area (TPSA) is 105 Å². The summed E-state index contributed by atoms with van der Waals surface area (Å²) in [5, 5.41) is 13.4. The lowest BCUT2D eigenvalue weighted by Gasteiger charge is -2.21. The number of fused-ring (bicyclic) bond motifs is 1. The van der Waals surface area contributed by atoms with Crippen LogP contribution in [0.5, 0.6) is 0 Å². The van der Waals surface area contributed by atoms with E-state index in [0.29, 0.717) is 32.7 Å². The molecule has 3 aromatic heterocycles. The zero-order valence-corrected chi connectivity index (χ0v) is 22.6. The lowest BCUT2D eigenvalue weighted by molar-refractivity contribution is -0.143. The van der Waals surface area contributed by atoms with E-state index < -0.39 is 21.6 Å². The predicted molar refractivity (Wildman–Crippen MR) is 146 cm³/mol. The summed E-state index contributed by atoms with van der Waals surface area (Å²) in [4.78, 5) is 22.9. The van der Waals surface area contributed by atoms with Crippen molar-refractivity contribution in [3.63, 3.8) is 0 Å². The van der Waals surface area contributed by atoms with E-state index >= 15 is 4.39 Å². The van der Waals surface area contributed by atoms with E-state index in [1.165, 1.54) is 23.2 Å². The number of aliphatic hydroxyl groups is 1. The van der Waals surface area contributed by atoms with Crippen molar-refractivity contribution in [1.82, 2.24) is 18.8 Å². The molecule has 1 N–H and O–H groups in total. The molecule has 39 heavy (non-hydrogen) atoms. The normalized spacial score (nSPS) is 17.8. The molecule has 6 rings (SSSR count). The molecule has 2 aromatic carbocycles. The average molecular weight is 563 g/mol. The Morgan fingerprint density at radius 3 is 2.59 bits per heavy atom. The SMILES string of the molecule is Cc1ccc(S(=O)(=O)n2c(F)c(-c3nc(-c4cccc([C@]5(O)CCN(C)C5=O)c4)cs3)c3cccnc32)cc1. The highest BCUT2D eigenvalue weighted by Gasteiger charge is 2.45. The minimum absolute atomic E-state index is 0.0320. The summed E-state index contributed by atoms with van der Waals surface area (Å²) in [5.74, 6) is -1.34. The standard InChI is InChI=1S/C28H23FN4O4S2/c1-17-8-10-20(11-9-17)39(36,37)33-24(29)23(21-7-4-13-30-25(21)33)26-31-22(16-38-26)18-5-3-6-19(15-18)28(35)12-14-32(2)27(28)34/h3-11,13,15-16,35H,12,14H2,1-2H3/t28-/m1/s1. The van der Waals surface area contributed by atoms with Gasteiger partial charge in [0, 0.05) is 42.5 Å². The molecule has 1 saturated heterocycles. The molecule has 0 aliphatic carbocycles. The highest BCUT2D eigenvalue weighted by atomic mass is 32.2. The molecule has 4 heterocycles. The number of carbonyl (C=O) groups excluding carboxylic acids is 1. The van der Waals surface area contributed by atoms with Crippen molar-refractivity contribution in [2.75, 3.05) is 13.6 Å². The van der Waals surface area contributed by atoms with Gasteiger partial charge in [-0.15, -0.1) is 11.3 Å². The molecular formula is C28H23FN4O4S2. The van der Waals surface area contributed by atoms with Gasteiger partial charge in [0.1, 0.15) is 5.01 Å². The molecule has 0 unspecified atom stereocenters. The van der Waals surface area contributed by atoms with E-state index in [9.17, 15) is 18.3 Å². The van der Waals surface area contributed by atoms with Gasteiger partial charge in [-0.2, -0.15) is 8.36 Å². The van der Waals surface area contributed by atoms with Gasteiger partial charge in [0.05, 0.1) is 16.2 Å². The maximum atomic E-state index is 16.1. The third kappa shape index (κ3) is 3.96. The van der Waals surface area contributed by atoms with Crippen molar-refractivity contribution in [1.29, 1.82) is 0 Å². The number of benzene rings is 2. The number of carbonyl (C=O) groups is 1. The van der Waals surface area contributed by atoms with E-state index in [4.69, 9.17) is 0 Å². The Hall–Kier alpha value is -3.93. The molecule has 1 atom stereocenters. The van der Waals surface area contributed by atoms with Crippen LogP contribution in [0.15, 0.2) is 77.1 Å². The summed E-state index contributed by atoms with van der Waals surface area (Å²) in [6.45, 7) is 2.28. The maximum Gasteiger partial charge on any atom is 0.271 e. The van der Waals surface area contributed by atoms with Gasteiger partial charge in [0.25, 0.3) is 15.9 Å². The van der Waals surface area contributed by atoms with Crippen LogP contribution in [0.3, 0.4) is 0 Å². The molecule has 1 amide bonds. The smallest absolute Gasteiger partial charge is 0.271 e. The van der Waals surface area contributed by atoms with Gasteiger partial charge in [-0.3, -0.25) is 4.79 Å². The summed E-state index contributed by atoms with van der Waals surface area (Å²) in [5.41, 5.74) is 0.869. The molecule has 8 nitrogen and oxygen atoms in total. The molecule has 1 fully saturated rings. The average Bonchev–Trinajstić information content (AvgIpc) is 3.60. The number of amides is 1. The number of likely N-dealkylation sites (tertiary alicyclic amines) is 1. The second-order valence-corrected chi connectivity index (χ2v) is 12.2. The van der Waals surface area contributed by atoms with E-state index in [1.807, 2.05) is 6.92 Å². The molecule has 5 aromatic rings. The number of hydrogen-bond acceptors (Lipinski definition) is 7. The summed E-state index contributed by atoms with van der Waals surface area (Å²) in [6.07, 6.45) is 1.69. The Bertz CT molecular complexity index is 1860. The summed E-state index contributed by atoms with van der Waals surface area (Å²) in [7, 11) is -2.64. The van der Waals surface area contributed by atoms with Gasteiger partial charge >= 0.3 is 0 Å². The van der Waals surface area contributed by atoms with Crippen LogP contribution in [-0.2, 0) is 20.4 Å². The van der Waals surface area contributed by atoms with E-state index in [0.717, 1.165) is 16.9 Å². The number of thiazole rings is 1. The molecule has 1 aliphatic heterocycles. The van der Waals surface area contributed by atoms with Crippen LogP contribution in [0, 0.1) is 12.9 Å². The molecule has 0 saturated carbocycles. The van der Waals surface area contributed by atoms with Gasteiger partial charge in [-0.25, -0.2) is 18.4 Å². The van der Waals surface area contributed by atoms with Crippen molar-refractivity contribution in [2.45, 2.75) is 23.8 Å². The van der Waals surface area contributed by atoms with Crippen molar-refractivity contribution < 1.29 is 22.7 Å². The Labute approximate surface area is 228 Å². The fourth-order valence-corrected chi connectivity index (χ4v) is 7.12. The van der Waals surface area contributed by atoms with Crippen LogP contribution in [0.25, 0.3) is 32.9 Å². The Morgan fingerprint density at radius 1 is 1.10 bits per heavy atom. The van der Waals surface area contributed by atoms with E-state index in [1.54, 1.807) is 61.0 Å². The van der Waals surface area contributed by atoms with Crippen LogP contribution in [0.2, 0.25) is 0 Å². The number of aryl methyl sites for hydroxylation is 1. The number of halogens is 1. The fraction of sp³-hybridized carbons (Fsp3) is 0.179. The molecule has 1 aliphatic rings. The first-order valence-corrected chi connectivity index (χ1v) is 14.4. The number of hydrogen-bond donors (Lipinski definition) is 1. The first-order valence-electron chi connectivity index (χ1n) is 12.1. The first kappa shape index (κ1) is 25.4. The highest BCUT2D eigenvalue weighted by molar-refractivity contribution is 7.90. The molecule has 198 valence electrons. The number of likely N-dealkylation sites (N-methyl/N-ethyl adjacent to an activating group) is 1. The van der Waals surface area contributed by atoms with E-state index in [-0.39, 0.29) is 33.4 Å². The number of nitrogens with zero attached hydrogens (tertiary/aromatic N) is 4. The predicted octanol–water partition coefficient (Wildman–Crippen LogP) is 4.56. The van der Waals surface area contributed by atoms with Gasteiger partial charge in [0.15, 0.2) is 11.2 Å². The number of rotatable bonds is 5. The lowest BCUT2D eigenvalue weighted by atomic mass is 9.90. The van der Waals surface area contributed by atoms with Crippen LogP contribution in [0.4, 0.5) is 4.39 Å². The summed E-state index contributed by atoms with van der Waals surface area (Å²) >= 11 is 1.16. The van der Waals surface area contributed by atoms with Crippen LogP contribution >= 0.6 is 11.3 Å². The Morgan fingerprint density at radius 2 is 1.87 bits per heavy atom. The fourth-order valence-electron chi connectivity index (χ4n) is 4.88. The lowest BCUT2D eigenvalue weighted by Crippen LogP contribution is -2.36. The third-order valence-corrected chi connectivity index (χ3v) is 9.60. The van der Waals surface area contributed by atoms with Crippen molar-refractivity contribution in [2.24, 2.45) is 0 Å². The Balaban J connectivity index is 1.45. The Kier molecular flexibility index (Phi) is 5.90. The zero-order valence-electron chi connectivity index (χ0n) is 21.0. The van der Waals surface area contributed by atoms with Crippen molar-refractivity contribution >= 4 is 38.3 Å². The second kappa shape index (κ2) is 9.08.